The zero-order chi connectivity index (χ0) is 15.0. The molecule has 0 aromatic carbocycles. The number of rotatable bonds is 8. The van der Waals surface area contributed by atoms with Gasteiger partial charge in [0.05, 0.1) is 6.07 Å². The minimum absolute atomic E-state index is 0.124. The van der Waals surface area contributed by atoms with Crippen molar-refractivity contribution < 1.29 is 0 Å². The fourth-order valence-corrected chi connectivity index (χ4v) is 2.82. The van der Waals surface area contributed by atoms with E-state index in [-0.39, 0.29) is 5.56 Å². The van der Waals surface area contributed by atoms with E-state index in [1.54, 1.807) is 0 Å². The van der Waals surface area contributed by atoms with Crippen LogP contribution < -0.4 is 10.9 Å². The van der Waals surface area contributed by atoms with Crippen LogP contribution in [0, 0.1) is 11.3 Å². The number of aromatic nitrogens is 2. The zero-order valence-electron chi connectivity index (χ0n) is 12.3. The van der Waals surface area contributed by atoms with Gasteiger partial charge in [-0.25, -0.2) is 4.98 Å². The molecule has 0 aliphatic heterocycles. The van der Waals surface area contributed by atoms with Gasteiger partial charge >= 0.3 is 0 Å². The number of hydrogen-bond acceptors (Lipinski definition) is 5. The van der Waals surface area contributed by atoms with Crippen LogP contribution in [-0.4, -0.2) is 27.3 Å². The van der Waals surface area contributed by atoms with Gasteiger partial charge in [0, 0.05) is 24.1 Å². The molecule has 1 heterocycles. The molecule has 0 saturated heterocycles. The van der Waals surface area contributed by atoms with E-state index in [4.69, 9.17) is 0 Å². The third-order valence-corrected chi connectivity index (χ3v) is 3.79. The Hall–Kier alpha value is -1.32. The van der Waals surface area contributed by atoms with Crippen LogP contribution in [0.25, 0.3) is 0 Å². The van der Waals surface area contributed by atoms with Gasteiger partial charge in [0.1, 0.15) is 5.54 Å². The number of nitriles is 1. The van der Waals surface area contributed by atoms with Crippen molar-refractivity contribution in [1.29, 1.82) is 5.26 Å². The van der Waals surface area contributed by atoms with Crippen LogP contribution in [0.5, 0.6) is 0 Å². The van der Waals surface area contributed by atoms with E-state index in [1.807, 2.05) is 20.8 Å². The molecule has 0 saturated carbocycles. The first-order valence-corrected chi connectivity index (χ1v) is 7.81. The molecule has 1 aromatic heterocycles. The van der Waals surface area contributed by atoms with Gasteiger partial charge in [-0.05, 0) is 40.0 Å². The Morgan fingerprint density at radius 3 is 2.90 bits per heavy atom. The molecule has 110 valence electrons. The normalized spacial score (nSPS) is 13.9. The van der Waals surface area contributed by atoms with E-state index in [0.29, 0.717) is 11.2 Å². The summed E-state index contributed by atoms with van der Waals surface area (Å²) in [5.41, 5.74) is -0.585. The van der Waals surface area contributed by atoms with Crippen LogP contribution >= 0.6 is 11.8 Å². The third-order valence-electron chi connectivity index (χ3n) is 2.81. The van der Waals surface area contributed by atoms with Crippen molar-refractivity contribution in [1.82, 2.24) is 15.3 Å². The van der Waals surface area contributed by atoms with Gasteiger partial charge in [-0.2, -0.15) is 5.26 Å². The van der Waals surface area contributed by atoms with Crippen molar-refractivity contribution in [2.24, 2.45) is 0 Å². The average Bonchev–Trinajstić information content (AvgIpc) is 2.37. The molecule has 5 nitrogen and oxygen atoms in total. The molecule has 0 fully saturated rings. The van der Waals surface area contributed by atoms with E-state index < -0.39 is 5.54 Å². The van der Waals surface area contributed by atoms with Crippen LogP contribution in [0.3, 0.4) is 0 Å². The molecule has 1 aromatic rings. The molecule has 0 radical (unpaired) electrons. The van der Waals surface area contributed by atoms with Crippen molar-refractivity contribution in [2.75, 3.05) is 5.75 Å². The van der Waals surface area contributed by atoms with E-state index in [2.05, 4.69) is 21.4 Å². The molecule has 2 N–H and O–H groups in total. The van der Waals surface area contributed by atoms with Crippen LogP contribution in [-0.2, 0) is 0 Å². The molecule has 6 heteroatoms. The Labute approximate surface area is 124 Å². The topological polar surface area (TPSA) is 81.6 Å². The number of nitrogens with one attached hydrogen (secondary N) is 2. The highest BCUT2D eigenvalue weighted by molar-refractivity contribution is 7.99. The highest BCUT2D eigenvalue weighted by atomic mass is 32.2. The quantitative estimate of drug-likeness (QED) is 0.437. The molecule has 1 atom stereocenters. The predicted octanol–water partition coefficient (Wildman–Crippen LogP) is 2.31. The second kappa shape index (κ2) is 8.08. The van der Waals surface area contributed by atoms with Gasteiger partial charge in [0.2, 0.25) is 0 Å². The Morgan fingerprint density at radius 2 is 2.30 bits per heavy atom. The smallest absolute Gasteiger partial charge is 0.251 e. The lowest BCUT2D eigenvalue weighted by atomic mass is 9.96. The average molecular weight is 294 g/mol. The van der Waals surface area contributed by atoms with Crippen molar-refractivity contribution in [3.8, 4) is 6.07 Å². The number of thioether (sulfide) groups is 1. The largest absolute Gasteiger partial charge is 0.301 e. The van der Waals surface area contributed by atoms with Crippen LogP contribution in [0.15, 0.2) is 22.2 Å². The lowest BCUT2D eigenvalue weighted by Gasteiger charge is -2.25. The van der Waals surface area contributed by atoms with Gasteiger partial charge in [0.15, 0.2) is 5.16 Å². The van der Waals surface area contributed by atoms with Crippen molar-refractivity contribution >= 4 is 11.8 Å². The van der Waals surface area contributed by atoms with E-state index in [0.717, 1.165) is 25.0 Å². The number of nitrogens with zero attached hydrogens (tertiary/aromatic N) is 2. The predicted molar refractivity (Wildman–Crippen MR) is 81.7 cm³/mol. The standard InChI is InChI=1S/C14H22N4OS/c1-11(2)18-14(3,10-15)7-4-5-9-20-13-16-8-6-12(19)17-13/h6,8,11,18H,4-5,7,9H2,1-3H3,(H,16,17,19). The first-order chi connectivity index (χ1) is 9.45. The second-order valence-corrected chi connectivity index (χ2v) is 6.37. The first-order valence-electron chi connectivity index (χ1n) is 6.82. The zero-order valence-corrected chi connectivity index (χ0v) is 13.1. The van der Waals surface area contributed by atoms with Crippen molar-refractivity contribution in [3.63, 3.8) is 0 Å². The summed E-state index contributed by atoms with van der Waals surface area (Å²) in [5, 5.41) is 13.2. The summed E-state index contributed by atoms with van der Waals surface area (Å²) in [5.74, 6) is 0.885. The molecule has 0 aliphatic carbocycles. The van der Waals surface area contributed by atoms with Gasteiger partial charge in [-0.15, -0.1) is 0 Å². The van der Waals surface area contributed by atoms with Gasteiger partial charge in [-0.1, -0.05) is 11.8 Å². The molecule has 0 aliphatic rings. The summed E-state index contributed by atoms with van der Waals surface area (Å²) >= 11 is 1.54. The van der Waals surface area contributed by atoms with Crippen molar-refractivity contribution in [3.05, 3.63) is 22.6 Å². The Morgan fingerprint density at radius 1 is 1.55 bits per heavy atom. The third kappa shape index (κ3) is 6.22. The maximum atomic E-state index is 11.1. The molecular formula is C14H22N4OS. The van der Waals surface area contributed by atoms with Crippen LogP contribution in [0.4, 0.5) is 0 Å². The molecule has 0 spiro atoms. The molecule has 1 rings (SSSR count). The molecular weight excluding hydrogens is 272 g/mol. The van der Waals surface area contributed by atoms with Crippen LogP contribution in [0.2, 0.25) is 0 Å². The van der Waals surface area contributed by atoms with Gasteiger partial charge < -0.3 is 4.98 Å². The summed E-state index contributed by atoms with van der Waals surface area (Å²) < 4.78 is 0. The van der Waals surface area contributed by atoms with Crippen LogP contribution in [0.1, 0.15) is 40.0 Å². The molecule has 0 amide bonds. The highest BCUT2D eigenvalue weighted by Crippen LogP contribution is 2.17. The SMILES string of the molecule is CC(C)NC(C)(C#N)CCCCSc1nccc(=O)[nH]1. The summed E-state index contributed by atoms with van der Waals surface area (Å²) in [6, 6.07) is 4.05. The lowest BCUT2D eigenvalue weighted by Crippen LogP contribution is -2.44. The van der Waals surface area contributed by atoms with E-state index >= 15 is 0 Å². The number of aromatic amines is 1. The maximum absolute atomic E-state index is 11.1. The lowest BCUT2D eigenvalue weighted by molar-refractivity contribution is 0.372. The summed E-state index contributed by atoms with van der Waals surface area (Å²) in [6.07, 6.45) is 4.29. The number of H-pyrrole nitrogens is 1. The minimum atomic E-state index is -0.460. The molecule has 20 heavy (non-hydrogen) atoms. The Kier molecular flexibility index (Phi) is 6.76. The summed E-state index contributed by atoms with van der Waals surface area (Å²) in [4.78, 5) is 17.9. The number of hydrogen-bond donors (Lipinski definition) is 2. The van der Waals surface area contributed by atoms with Gasteiger partial charge in [0.25, 0.3) is 5.56 Å². The van der Waals surface area contributed by atoms with E-state index in [1.165, 1.54) is 24.0 Å². The minimum Gasteiger partial charge on any atom is -0.301 e. The Bertz CT molecular complexity index is 508. The molecule has 1 unspecified atom stereocenters. The maximum Gasteiger partial charge on any atom is 0.251 e. The highest BCUT2D eigenvalue weighted by Gasteiger charge is 2.23. The summed E-state index contributed by atoms with van der Waals surface area (Å²) in [7, 11) is 0. The number of unbranched alkanes of at least 4 members (excludes halogenated alkanes) is 1. The first kappa shape index (κ1) is 16.7. The van der Waals surface area contributed by atoms with Gasteiger partial charge in [-0.3, -0.25) is 10.1 Å². The monoisotopic (exact) mass is 294 g/mol. The van der Waals surface area contributed by atoms with E-state index in [9.17, 15) is 10.1 Å². The fourth-order valence-electron chi connectivity index (χ4n) is 1.97. The fraction of sp³-hybridized carbons (Fsp3) is 0.643. The Balaban J connectivity index is 2.28. The summed E-state index contributed by atoms with van der Waals surface area (Å²) in [6.45, 7) is 6.03. The second-order valence-electron chi connectivity index (χ2n) is 5.29. The van der Waals surface area contributed by atoms with Crippen molar-refractivity contribution in [2.45, 2.75) is 56.8 Å². The molecule has 0 bridgehead atoms.